The number of likely N-dealkylation sites (N-methyl/N-ethyl adjacent to an activating group) is 1. The molecule has 25 heavy (non-hydrogen) atoms. The van der Waals surface area contributed by atoms with Gasteiger partial charge in [0, 0.05) is 37.3 Å². The van der Waals surface area contributed by atoms with Crippen molar-refractivity contribution in [2.24, 2.45) is 0 Å². The molecule has 0 radical (unpaired) electrons. The van der Waals surface area contributed by atoms with Crippen LogP contribution < -0.4 is 0 Å². The summed E-state index contributed by atoms with van der Waals surface area (Å²) in [6.45, 7) is 5.10. The van der Waals surface area contributed by atoms with E-state index < -0.39 is 0 Å². The average Bonchev–Trinajstić information content (AvgIpc) is 3.29. The molecule has 0 bridgehead atoms. The van der Waals surface area contributed by atoms with E-state index in [1.165, 1.54) is 17.0 Å². The Labute approximate surface area is 154 Å². The van der Waals surface area contributed by atoms with Gasteiger partial charge in [-0.15, -0.1) is 11.3 Å². The third-order valence-electron chi connectivity index (χ3n) is 5.70. The molecule has 2 fully saturated rings. The van der Waals surface area contributed by atoms with Gasteiger partial charge < -0.3 is 4.74 Å². The fourth-order valence-corrected chi connectivity index (χ4v) is 4.75. The molecule has 2 aliphatic rings. The molecular formula is C20H27N3OS. The molecule has 1 atom stereocenters. The van der Waals surface area contributed by atoms with Gasteiger partial charge in [-0.25, -0.2) is 4.98 Å². The van der Waals surface area contributed by atoms with E-state index in [2.05, 4.69) is 57.5 Å². The van der Waals surface area contributed by atoms with Crippen molar-refractivity contribution in [3.8, 4) is 0 Å². The Bertz CT molecular complexity index is 653. The highest BCUT2D eigenvalue weighted by Gasteiger charge is 2.43. The first-order valence-corrected chi connectivity index (χ1v) is 10.1. The van der Waals surface area contributed by atoms with Gasteiger partial charge in [0.15, 0.2) is 0 Å². The molecule has 0 aliphatic carbocycles. The van der Waals surface area contributed by atoms with Gasteiger partial charge in [-0.1, -0.05) is 30.3 Å². The first kappa shape index (κ1) is 17.2. The number of nitrogens with zero attached hydrogens (tertiary/aromatic N) is 3. The fourth-order valence-electron chi connectivity index (χ4n) is 4.09. The predicted octanol–water partition coefficient (Wildman–Crippen LogP) is 3.40. The Morgan fingerprint density at radius 3 is 2.80 bits per heavy atom. The predicted molar refractivity (Wildman–Crippen MR) is 102 cm³/mol. The molecule has 1 aromatic heterocycles. The lowest BCUT2D eigenvalue weighted by molar-refractivity contribution is -0.0452. The van der Waals surface area contributed by atoms with Gasteiger partial charge >= 0.3 is 0 Å². The highest BCUT2D eigenvalue weighted by Crippen LogP contribution is 2.38. The molecule has 2 saturated heterocycles. The number of aromatic nitrogens is 1. The monoisotopic (exact) mass is 357 g/mol. The van der Waals surface area contributed by atoms with E-state index >= 15 is 0 Å². The first-order chi connectivity index (χ1) is 12.2. The van der Waals surface area contributed by atoms with Gasteiger partial charge in [-0.2, -0.15) is 0 Å². The second-order valence-electron chi connectivity index (χ2n) is 7.45. The molecule has 4 rings (SSSR count). The van der Waals surface area contributed by atoms with Crippen LogP contribution >= 0.6 is 11.3 Å². The standard InChI is InChI=1S/C20H27N3OS/c1-22(14-17-5-3-2-4-6-17)18-13-20(24-16-18)7-10-23(11-8-20)15-19-21-9-12-25-19/h2-6,9,12,18H,7-8,10-11,13-16H2,1H3. The maximum absolute atomic E-state index is 6.36. The smallest absolute Gasteiger partial charge is 0.107 e. The van der Waals surface area contributed by atoms with Crippen LogP contribution in [0, 0.1) is 0 Å². The van der Waals surface area contributed by atoms with Crippen LogP contribution in [0.25, 0.3) is 0 Å². The first-order valence-electron chi connectivity index (χ1n) is 9.21. The molecule has 4 nitrogen and oxygen atoms in total. The molecule has 5 heteroatoms. The molecule has 1 spiro atoms. The van der Waals surface area contributed by atoms with E-state index in [0.717, 1.165) is 45.6 Å². The van der Waals surface area contributed by atoms with Crippen LogP contribution in [0.2, 0.25) is 0 Å². The Hall–Kier alpha value is -1.27. The Balaban J connectivity index is 1.28. The van der Waals surface area contributed by atoms with E-state index in [0.29, 0.717) is 6.04 Å². The van der Waals surface area contributed by atoms with Crippen LogP contribution in [0.3, 0.4) is 0 Å². The fraction of sp³-hybridized carbons (Fsp3) is 0.550. The van der Waals surface area contributed by atoms with Gasteiger partial charge in [-0.3, -0.25) is 9.80 Å². The van der Waals surface area contributed by atoms with Gasteiger partial charge in [0.2, 0.25) is 0 Å². The van der Waals surface area contributed by atoms with Crippen molar-refractivity contribution in [1.82, 2.24) is 14.8 Å². The maximum atomic E-state index is 6.36. The quantitative estimate of drug-likeness (QED) is 0.820. The molecule has 134 valence electrons. The van der Waals surface area contributed by atoms with Crippen LogP contribution in [0.1, 0.15) is 29.8 Å². The summed E-state index contributed by atoms with van der Waals surface area (Å²) < 4.78 is 6.36. The SMILES string of the molecule is CN(Cc1ccccc1)C1COC2(CCN(Cc3nccs3)CC2)C1. The topological polar surface area (TPSA) is 28.6 Å². The zero-order chi connectivity index (χ0) is 17.1. The number of likely N-dealkylation sites (tertiary alicyclic amines) is 1. The minimum absolute atomic E-state index is 0.106. The molecule has 2 aromatic rings. The summed E-state index contributed by atoms with van der Waals surface area (Å²) in [5.41, 5.74) is 1.49. The number of hydrogen-bond acceptors (Lipinski definition) is 5. The summed E-state index contributed by atoms with van der Waals surface area (Å²) >= 11 is 1.75. The van der Waals surface area contributed by atoms with E-state index in [1.807, 2.05) is 6.20 Å². The van der Waals surface area contributed by atoms with Crippen LogP contribution in [0.5, 0.6) is 0 Å². The summed E-state index contributed by atoms with van der Waals surface area (Å²) in [6, 6.07) is 11.3. The van der Waals surface area contributed by atoms with Crippen molar-refractivity contribution in [3.05, 3.63) is 52.5 Å². The second kappa shape index (κ2) is 7.54. The van der Waals surface area contributed by atoms with Crippen LogP contribution in [-0.2, 0) is 17.8 Å². The van der Waals surface area contributed by atoms with Crippen LogP contribution in [0.15, 0.2) is 41.9 Å². The minimum atomic E-state index is 0.106. The van der Waals surface area contributed by atoms with Crippen LogP contribution in [0.4, 0.5) is 0 Å². The van der Waals surface area contributed by atoms with Gasteiger partial charge in [-0.05, 0) is 31.9 Å². The average molecular weight is 358 g/mol. The van der Waals surface area contributed by atoms with Gasteiger partial charge in [0.25, 0.3) is 0 Å². The molecule has 2 aliphatic heterocycles. The number of benzene rings is 1. The highest BCUT2D eigenvalue weighted by molar-refractivity contribution is 7.09. The number of hydrogen-bond donors (Lipinski definition) is 0. The third-order valence-corrected chi connectivity index (χ3v) is 6.46. The largest absolute Gasteiger partial charge is 0.373 e. The number of ether oxygens (including phenoxy) is 1. The van der Waals surface area contributed by atoms with E-state index in [1.54, 1.807) is 11.3 Å². The summed E-state index contributed by atoms with van der Waals surface area (Å²) in [5.74, 6) is 0. The summed E-state index contributed by atoms with van der Waals surface area (Å²) in [6.07, 6.45) is 5.36. The summed E-state index contributed by atoms with van der Waals surface area (Å²) in [5, 5.41) is 3.29. The molecule has 0 saturated carbocycles. The van der Waals surface area contributed by atoms with Crippen molar-refractivity contribution in [2.75, 3.05) is 26.7 Å². The minimum Gasteiger partial charge on any atom is -0.373 e. The Morgan fingerprint density at radius 1 is 1.28 bits per heavy atom. The summed E-state index contributed by atoms with van der Waals surface area (Å²) in [4.78, 5) is 9.40. The number of piperidine rings is 1. The number of thiazole rings is 1. The third kappa shape index (κ3) is 4.11. The van der Waals surface area contributed by atoms with Crippen molar-refractivity contribution in [2.45, 2.75) is 44.0 Å². The van der Waals surface area contributed by atoms with Crippen molar-refractivity contribution < 1.29 is 4.74 Å². The van der Waals surface area contributed by atoms with Crippen molar-refractivity contribution in [1.29, 1.82) is 0 Å². The van der Waals surface area contributed by atoms with Gasteiger partial charge in [0.1, 0.15) is 5.01 Å². The zero-order valence-electron chi connectivity index (χ0n) is 14.9. The highest BCUT2D eigenvalue weighted by atomic mass is 32.1. The van der Waals surface area contributed by atoms with Crippen molar-refractivity contribution in [3.63, 3.8) is 0 Å². The van der Waals surface area contributed by atoms with Gasteiger partial charge in [0.05, 0.1) is 18.8 Å². The molecule has 3 heterocycles. The van der Waals surface area contributed by atoms with E-state index in [9.17, 15) is 0 Å². The molecular weight excluding hydrogens is 330 g/mol. The zero-order valence-corrected chi connectivity index (χ0v) is 15.8. The lowest BCUT2D eigenvalue weighted by Crippen LogP contribution is -2.44. The Kier molecular flexibility index (Phi) is 5.17. The van der Waals surface area contributed by atoms with E-state index in [-0.39, 0.29) is 5.60 Å². The number of rotatable bonds is 5. The normalized spacial score (nSPS) is 23.5. The van der Waals surface area contributed by atoms with Crippen molar-refractivity contribution >= 4 is 11.3 Å². The lowest BCUT2D eigenvalue weighted by Gasteiger charge is -2.38. The second-order valence-corrected chi connectivity index (χ2v) is 8.43. The summed E-state index contributed by atoms with van der Waals surface area (Å²) in [7, 11) is 2.23. The maximum Gasteiger partial charge on any atom is 0.107 e. The molecule has 0 N–H and O–H groups in total. The van der Waals surface area contributed by atoms with Crippen LogP contribution in [-0.4, -0.2) is 53.2 Å². The molecule has 1 unspecified atom stereocenters. The lowest BCUT2D eigenvalue weighted by atomic mass is 9.87. The molecule has 0 amide bonds. The molecule has 1 aromatic carbocycles. The Morgan fingerprint density at radius 2 is 2.08 bits per heavy atom. The van der Waals surface area contributed by atoms with E-state index in [4.69, 9.17) is 4.74 Å².